The Morgan fingerprint density at radius 1 is 1.25 bits per heavy atom. The highest BCUT2D eigenvalue weighted by Crippen LogP contribution is 2.52. The molecular formula is C10H15NO. The predicted octanol–water partition coefficient (Wildman–Crippen LogP) is 1.55. The molecule has 0 spiro atoms. The number of nitriles is 1. The normalized spacial score (nSPS) is 44.7. The fraction of sp³-hybridized carbons (Fsp3) is 0.900. The van der Waals surface area contributed by atoms with E-state index in [4.69, 9.17) is 10.4 Å². The third-order valence-electron chi connectivity index (χ3n) is 3.68. The summed E-state index contributed by atoms with van der Waals surface area (Å²) in [6, 6.07) is 2.26. The van der Waals surface area contributed by atoms with Gasteiger partial charge in [0.2, 0.25) is 0 Å². The maximum atomic E-state index is 9.09. The molecule has 0 amide bonds. The van der Waals surface area contributed by atoms with Crippen LogP contribution in [0.4, 0.5) is 0 Å². The summed E-state index contributed by atoms with van der Waals surface area (Å²) in [7, 11) is 0. The molecule has 2 nitrogen and oxygen atoms in total. The van der Waals surface area contributed by atoms with E-state index in [-0.39, 0.29) is 0 Å². The molecule has 0 aromatic rings. The summed E-state index contributed by atoms with van der Waals surface area (Å²) in [5.41, 5.74) is 0. The highest BCUT2D eigenvalue weighted by molar-refractivity contribution is 4.97. The van der Waals surface area contributed by atoms with Gasteiger partial charge in [-0.25, -0.2) is 0 Å². The lowest BCUT2D eigenvalue weighted by molar-refractivity contribution is 0.144. The van der Waals surface area contributed by atoms with Gasteiger partial charge < -0.3 is 5.11 Å². The molecule has 0 aromatic carbocycles. The maximum absolute atomic E-state index is 9.09. The van der Waals surface area contributed by atoms with Crippen LogP contribution in [-0.4, -0.2) is 11.7 Å². The maximum Gasteiger partial charge on any atom is 0.0624 e. The second kappa shape index (κ2) is 3.06. The number of hydrogen-bond donors (Lipinski definition) is 1. The Bertz CT molecular complexity index is 208. The molecule has 2 aliphatic rings. The fourth-order valence-corrected chi connectivity index (χ4v) is 3.21. The minimum absolute atomic E-state index is 0.336. The average molecular weight is 165 g/mol. The van der Waals surface area contributed by atoms with E-state index in [9.17, 15) is 0 Å². The highest BCUT2D eigenvalue weighted by atomic mass is 16.3. The van der Waals surface area contributed by atoms with Crippen molar-refractivity contribution in [1.29, 1.82) is 5.26 Å². The minimum Gasteiger partial charge on any atom is -0.396 e. The third kappa shape index (κ3) is 1.13. The molecule has 2 bridgehead atoms. The highest BCUT2D eigenvalue weighted by Gasteiger charge is 2.45. The number of aliphatic hydroxyl groups is 1. The topological polar surface area (TPSA) is 44.0 Å². The zero-order valence-corrected chi connectivity index (χ0v) is 7.24. The molecule has 2 saturated carbocycles. The molecule has 2 heteroatoms. The zero-order valence-electron chi connectivity index (χ0n) is 7.24. The summed E-state index contributed by atoms with van der Waals surface area (Å²) in [5.74, 6) is 2.61. The van der Waals surface area contributed by atoms with Crippen LogP contribution in [0.5, 0.6) is 0 Å². The molecule has 0 aromatic heterocycles. The van der Waals surface area contributed by atoms with Gasteiger partial charge in [-0.05, 0) is 42.9 Å². The molecule has 0 heterocycles. The van der Waals surface area contributed by atoms with Gasteiger partial charge >= 0.3 is 0 Å². The van der Waals surface area contributed by atoms with Gasteiger partial charge in [-0.1, -0.05) is 0 Å². The van der Waals surface area contributed by atoms with E-state index in [0.717, 1.165) is 5.92 Å². The number of aliphatic hydroxyl groups excluding tert-OH is 1. The Labute approximate surface area is 73.2 Å². The quantitative estimate of drug-likeness (QED) is 0.674. The molecule has 4 atom stereocenters. The van der Waals surface area contributed by atoms with E-state index in [1.54, 1.807) is 0 Å². The Morgan fingerprint density at radius 2 is 2.00 bits per heavy atom. The lowest BCUT2D eigenvalue weighted by Gasteiger charge is -2.26. The minimum atomic E-state index is 0.336. The van der Waals surface area contributed by atoms with Crippen LogP contribution < -0.4 is 0 Å². The van der Waals surface area contributed by atoms with Crippen LogP contribution in [0, 0.1) is 35.0 Å². The molecule has 1 N–H and O–H groups in total. The van der Waals surface area contributed by atoms with Crippen molar-refractivity contribution in [1.82, 2.24) is 0 Å². The molecule has 12 heavy (non-hydrogen) atoms. The van der Waals surface area contributed by atoms with Crippen LogP contribution in [0.3, 0.4) is 0 Å². The molecule has 0 saturated heterocycles. The lowest BCUT2D eigenvalue weighted by Crippen LogP contribution is -2.22. The first-order valence-electron chi connectivity index (χ1n) is 4.83. The van der Waals surface area contributed by atoms with Gasteiger partial charge in [-0.15, -0.1) is 0 Å². The smallest absolute Gasteiger partial charge is 0.0624 e. The van der Waals surface area contributed by atoms with Crippen LogP contribution in [0.1, 0.15) is 25.7 Å². The molecule has 0 radical (unpaired) electrons. The molecule has 0 aliphatic heterocycles. The van der Waals surface area contributed by atoms with E-state index < -0.39 is 0 Å². The summed E-state index contributed by atoms with van der Waals surface area (Å²) in [4.78, 5) is 0. The average Bonchev–Trinajstić information content (AvgIpc) is 2.62. The van der Waals surface area contributed by atoms with E-state index in [1.807, 2.05) is 0 Å². The molecule has 2 fully saturated rings. The summed E-state index contributed by atoms with van der Waals surface area (Å²) < 4.78 is 0. The summed E-state index contributed by atoms with van der Waals surface area (Å²) in [5, 5.41) is 17.7. The molecule has 4 unspecified atom stereocenters. The van der Waals surface area contributed by atoms with E-state index in [2.05, 4.69) is 6.07 Å². The van der Waals surface area contributed by atoms with Gasteiger partial charge in [-0.3, -0.25) is 0 Å². The number of fused-ring (bicyclic) bond motifs is 2. The second-order valence-corrected chi connectivity index (χ2v) is 4.30. The van der Waals surface area contributed by atoms with Gasteiger partial charge in [0.15, 0.2) is 0 Å². The van der Waals surface area contributed by atoms with E-state index in [1.165, 1.54) is 19.3 Å². The molecule has 66 valence electrons. The van der Waals surface area contributed by atoms with Crippen LogP contribution in [0.15, 0.2) is 0 Å². The Balaban J connectivity index is 2.00. The predicted molar refractivity (Wildman–Crippen MR) is 45.1 cm³/mol. The van der Waals surface area contributed by atoms with E-state index >= 15 is 0 Å². The molecule has 2 aliphatic carbocycles. The van der Waals surface area contributed by atoms with Crippen molar-refractivity contribution in [2.45, 2.75) is 25.7 Å². The molecular weight excluding hydrogens is 150 g/mol. The van der Waals surface area contributed by atoms with Gasteiger partial charge in [-0.2, -0.15) is 5.26 Å². The second-order valence-electron chi connectivity index (χ2n) is 4.30. The standard InChI is InChI=1S/C10H15NO/c11-2-1-8-3-7-4-9(6-12)10(8)5-7/h7-10,12H,1,3-6H2. The van der Waals surface area contributed by atoms with Gasteiger partial charge in [0.25, 0.3) is 0 Å². The number of nitrogens with zero attached hydrogens (tertiary/aromatic N) is 1. The first-order valence-corrected chi connectivity index (χ1v) is 4.83. The first-order chi connectivity index (χ1) is 5.85. The van der Waals surface area contributed by atoms with Gasteiger partial charge in [0, 0.05) is 13.0 Å². The largest absolute Gasteiger partial charge is 0.396 e. The third-order valence-corrected chi connectivity index (χ3v) is 3.68. The first kappa shape index (κ1) is 8.07. The summed E-state index contributed by atoms with van der Waals surface area (Å²) in [6.45, 7) is 0.336. The van der Waals surface area contributed by atoms with Crippen LogP contribution in [0.2, 0.25) is 0 Å². The van der Waals surface area contributed by atoms with Crippen LogP contribution >= 0.6 is 0 Å². The van der Waals surface area contributed by atoms with Crippen molar-refractivity contribution >= 4 is 0 Å². The van der Waals surface area contributed by atoms with Crippen molar-refractivity contribution in [2.75, 3.05) is 6.61 Å². The fourth-order valence-electron chi connectivity index (χ4n) is 3.21. The number of rotatable bonds is 2. The van der Waals surface area contributed by atoms with Gasteiger partial charge in [0.05, 0.1) is 6.07 Å². The zero-order chi connectivity index (χ0) is 8.55. The Kier molecular flexibility index (Phi) is 2.06. The number of hydrogen-bond acceptors (Lipinski definition) is 2. The SMILES string of the molecule is N#CCC1CC2CC(CO)C1C2. The van der Waals surface area contributed by atoms with E-state index in [0.29, 0.717) is 30.8 Å². The van der Waals surface area contributed by atoms with Crippen molar-refractivity contribution in [2.24, 2.45) is 23.7 Å². The van der Waals surface area contributed by atoms with Crippen LogP contribution in [0.25, 0.3) is 0 Å². The Morgan fingerprint density at radius 3 is 2.58 bits per heavy atom. The Hall–Kier alpha value is -0.550. The molecule has 2 rings (SSSR count). The van der Waals surface area contributed by atoms with Crippen molar-refractivity contribution < 1.29 is 5.11 Å². The lowest BCUT2D eigenvalue weighted by atomic mass is 9.80. The summed E-state index contributed by atoms with van der Waals surface area (Å²) in [6.07, 6.45) is 4.44. The van der Waals surface area contributed by atoms with Gasteiger partial charge in [0.1, 0.15) is 0 Å². The van der Waals surface area contributed by atoms with Crippen molar-refractivity contribution in [3.05, 3.63) is 0 Å². The van der Waals surface area contributed by atoms with Crippen molar-refractivity contribution in [3.63, 3.8) is 0 Å². The van der Waals surface area contributed by atoms with Crippen LogP contribution in [-0.2, 0) is 0 Å². The summed E-state index contributed by atoms with van der Waals surface area (Å²) >= 11 is 0. The monoisotopic (exact) mass is 165 g/mol. The van der Waals surface area contributed by atoms with Crippen molar-refractivity contribution in [3.8, 4) is 6.07 Å².